The second kappa shape index (κ2) is 8.56. The summed E-state index contributed by atoms with van der Waals surface area (Å²) in [5.41, 5.74) is 7.48. The number of alkyl halides is 4. The average Bonchev–Trinajstić information content (AvgIpc) is 3.20. The number of hydrogen-bond acceptors (Lipinski definition) is 6. The van der Waals surface area contributed by atoms with Crippen molar-refractivity contribution in [2.24, 2.45) is 0 Å². The number of ether oxygens (including phenoxy) is 2. The first-order valence-corrected chi connectivity index (χ1v) is 11.3. The summed E-state index contributed by atoms with van der Waals surface area (Å²) in [5.74, 6) is -0.117. The molecule has 1 saturated heterocycles. The predicted molar refractivity (Wildman–Crippen MR) is 119 cm³/mol. The molecule has 7 nitrogen and oxygen atoms in total. The van der Waals surface area contributed by atoms with Crippen molar-refractivity contribution in [3.63, 3.8) is 0 Å². The van der Waals surface area contributed by atoms with Crippen molar-refractivity contribution in [3.8, 4) is 0 Å². The molecule has 2 aromatic rings. The number of nitrogen functional groups attached to an aromatic ring is 1. The first kappa shape index (κ1) is 23.7. The number of amides is 1. The van der Waals surface area contributed by atoms with Crippen molar-refractivity contribution >= 4 is 22.6 Å². The third-order valence-electron chi connectivity index (χ3n) is 6.82. The molecule has 3 aliphatic rings. The second-order valence-electron chi connectivity index (χ2n) is 9.07. The van der Waals surface area contributed by atoms with Gasteiger partial charge in [0.1, 0.15) is 17.7 Å². The maximum Gasteiger partial charge on any atom is 0.412 e. The van der Waals surface area contributed by atoms with E-state index in [9.17, 15) is 22.4 Å². The van der Waals surface area contributed by atoms with Crippen molar-refractivity contribution in [1.82, 2.24) is 14.9 Å². The lowest BCUT2D eigenvalue weighted by atomic mass is 9.89. The quantitative estimate of drug-likeness (QED) is 0.633. The molecule has 2 aliphatic heterocycles. The van der Waals surface area contributed by atoms with Crippen molar-refractivity contribution in [1.29, 1.82) is 0 Å². The molecule has 0 spiro atoms. The van der Waals surface area contributed by atoms with Crippen molar-refractivity contribution in [3.05, 3.63) is 52.4 Å². The van der Waals surface area contributed by atoms with E-state index < -0.39 is 42.3 Å². The third-order valence-corrected chi connectivity index (χ3v) is 6.82. The Morgan fingerprint density at radius 2 is 2.00 bits per heavy atom. The van der Waals surface area contributed by atoms with Crippen molar-refractivity contribution in [2.45, 2.75) is 57.4 Å². The van der Waals surface area contributed by atoms with Crippen LogP contribution in [0.15, 0.2) is 35.6 Å². The highest BCUT2D eigenvalue weighted by Gasteiger charge is 2.42. The van der Waals surface area contributed by atoms with Gasteiger partial charge in [-0.05, 0) is 31.1 Å². The summed E-state index contributed by atoms with van der Waals surface area (Å²) in [6.07, 6.45) is -4.06. The van der Waals surface area contributed by atoms with Crippen LogP contribution in [0.4, 0.5) is 23.4 Å². The number of pyridine rings is 2. The number of hydrogen-bond donors (Lipinski definition) is 1. The summed E-state index contributed by atoms with van der Waals surface area (Å²) in [6, 6.07) is 0.315. The Bertz CT molecular complexity index is 1260. The number of carbonyl (C=O) groups excluding carboxylic acids is 1. The minimum atomic E-state index is -4.61. The summed E-state index contributed by atoms with van der Waals surface area (Å²) in [4.78, 5) is 23.8. The van der Waals surface area contributed by atoms with E-state index in [1.807, 2.05) is 6.92 Å². The molecule has 4 heterocycles. The molecule has 0 bridgehead atoms. The zero-order valence-corrected chi connectivity index (χ0v) is 19.1. The van der Waals surface area contributed by atoms with E-state index in [1.165, 1.54) is 11.1 Å². The number of rotatable bonds is 2. The van der Waals surface area contributed by atoms with Gasteiger partial charge >= 0.3 is 6.18 Å². The van der Waals surface area contributed by atoms with Gasteiger partial charge in [-0.1, -0.05) is 12.2 Å². The van der Waals surface area contributed by atoms with Gasteiger partial charge in [-0.15, -0.1) is 0 Å². The Labute approximate surface area is 198 Å². The molecule has 11 heteroatoms. The van der Waals surface area contributed by atoms with Gasteiger partial charge in [-0.25, -0.2) is 14.4 Å². The number of allylic oxidation sites excluding steroid dienone is 3. The van der Waals surface area contributed by atoms with E-state index in [0.29, 0.717) is 23.3 Å². The average molecular weight is 492 g/mol. The second-order valence-corrected chi connectivity index (χ2v) is 9.07. The molecule has 1 fully saturated rings. The minimum Gasteiger partial charge on any atom is -0.383 e. The van der Waals surface area contributed by atoms with Crippen LogP contribution >= 0.6 is 0 Å². The molecule has 2 aromatic heterocycles. The van der Waals surface area contributed by atoms with Crippen LogP contribution in [0.25, 0.3) is 10.9 Å². The number of morpholine rings is 1. The third kappa shape index (κ3) is 4.06. The summed E-state index contributed by atoms with van der Waals surface area (Å²) in [5, 5.41) is 0.687. The number of aromatic nitrogens is 2. The molecule has 0 saturated carbocycles. The fourth-order valence-electron chi connectivity index (χ4n) is 5.05. The monoisotopic (exact) mass is 492 g/mol. The highest BCUT2D eigenvalue weighted by molar-refractivity contribution is 5.97. The summed E-state index contributed by atoms with van der Waals surface area (Å²) in [7, 11) is 0. The normalized spacial score (nSPS) is 27.0. The Morgan fingerprint density at radius 3 is 2.71 bits per heavy atom. The Kier molecular flexibility index (Phi) is 5.79. The number of nitrogens with two attached hydrogens (primary N) is 1. The van der Waals surface area contributed by atoms with Crippen LogP contribution in [0.5, 0.6) is 0 Å². The van der Waals surface area contributed by atoms with Crippen LogP contribution in [-0.4, -0.2) is 58.4 Å². The summed E-state index contributed by atoms with van der Waals surface area (Å²) >= 11 is 0. The molecular formula is C24H24F4N4O3. The largest absolute Gasteiger partial charge is 0.412 e. The van der Waals surface area contributed by atoms with Gasteiger partial charge in [0.2, 0.25) is 0 Å². The number of nitrogens with zero attached hydrogens (tertiary/aromatic N) is 3. The molecule has 4 atom stereocenters. The maximum absolute atomic E-state index is 15.0. The van der Waals surface area contributed by atoms with Gasteiger partial charge in [0.25, 0.3) is 5.91 Å². The zero-order valence-electron chi connectivity index (χ0n) is 19.1. The lowest BCUT2D eigenvalue weighted by Gasteiger charge is -2.42. The van der Waals surface area contributed by atoms with E-state index in [-0.39, 0.29) is 30.6 Å². The van der Waals surface area contributed by atoms with Gasteiger partial charge in [0.05, 0.1) is 49.7 Å². The molecule has 0 radical (unpaired) electrons. The first-order chi connectivity index (χ1) is 16.6. The molecule has 1 aliphatic carbocycles. The van der Waals surface area contributed by atoms with E-state index in [1.54, 1.807) is 13.0 Å². The van der Waals surface area contributed by atoms with Crippen LogP contribution in [0.2, 0.25) is 0 Å². The van der Waals surface area contributed by atoms with Crippen LogP contribution in [0, 0.1) is 0 Å². The van der Waals surface area contributed by atoms with E-state index in [2.05, 4.69) is 9.97 Å². The van der Waals surface area contributed by atoms with E-state index in [4.69, 9.17) is 15.2 Å². The Morgan fingerprint density at radius 1 is 1.23 bits per heavy atom. The Hall–Kier alpha value is -3.05. The van der Waals surface area contributed by atoms with Gasteiger partial charge in [0.15, 0.2) is 0 Å². The standard InChI is InChI=1S/C24H24F4N4O3/c1-11-8-34-10-20(14-4-3-13(5-17(14)25)24(26,27)28)32(11)23(33)18-6-15-16-9-35-12(2)21(16)22(29)31-19(15)7-30-18/h3-4,6-7,11-12,17,20H,5,8-10H2,1-2H3,(H2,29,31)/t11-,12-,17?,20-/m0/s1. The fourth-order valence-corrected chi connectivity index (χ4v) is 5.05. The number of anilines is 1. The SMILES string of the molecule is C[C@@H]1OCc2c1c(N)nc1cnc(C(=O)N3[C@@H](C)COC[C@H]3C3=CC=C(C(F)(F)F)CC3F)cc21. The van der Waals surface area contributed by atoms with Gasteiger partial charge in [0, 0.05) is 22.9 Å². The number of halogens is 4. The Balaban J connectivity index is 1.53. The summed E-state index contributed by atoms with van der Waals surface area (Å²) in [6.45, 7) is 4.12. The van der Waals surface area contributed by atoms with Crippen molar-refractivity contribution in [2.75, 3.05) is 18.9 Å². The van der Waals surface area contributed by atoms with Crippen LogP contribution < -0.4 is 5.73 Å². The van der Waals surface area contributed by atoms with Crippen LogP contribution in [0.3, 0.4) is 0 Å². The number of carbonyl (C=O) groups is 1. The molecular weight excluding hydrogens is 468 g/mol. The molecule has 1 unspecified atom stereocenters. The predicted octanol–water partition coefficient (Wildman–Crippen LogP) is 4.19. The summed E-state index contributed by atoms with van der Waals surface area (Å²) < 4.78 is 65.4. The van der Waals surface area contributed by atoms with E-state index >= 15 is 0 Å². The molecule has 2 N–H and O–H groups in total. The lowest BCUT2D eigenvalue weighted by Crippen LogP contribution is -2.55. The lowest BCUT2D eigenvalue weighted by molar-refractivity contribution is -0.0960. The topological polar surface area (TPSA) is 90.6 Å². The highest BCUT2D eigenvalue weighted by Crippen LogP contribution is 2.39. The molecule has 186 valence electrons. The van der Waals surface area contributed by atoms with Crippen molar-refractivity contribution < 1.29 is 31.8 Å². The minimum absolute atomic E-state index is 0.0239. The zero-order chi connectivity index (χ0) is 25.1. The molecule has 5 rings (SSSR count). The van der Waals surface area contributed by atoms with Gasteiger partial charge in [-0.3, -0.25) is 4.79 Å². The van der Waals surface area contributed by atoms with Gasteiger partial charge in [-0.2, -0.15) is 13.2 Å². The maximum atomic E-state index is 15.0. The molecule has 35 heavy (non-hydrogen) atoms. The highest BCUT2D eigenvalue weighted by atomic mass is 19.4. The smallest absolute Gasteiger partial charge is 0.383 e. The van der Waals surface area contributed by atoms with Gasteiger partial charge < -0.3 is 20.1 Å². The first-order valence-electron chi connectivity index (χ1n) is 11.3. The van der Waals surface area contributed by atoms with Crippen LogP contribution in [0.1, 0.15) is 48.0 Å². The number of fused-ring (bicyclic) bond motifs is 3. The molecule has 0 aromatic carbocycles. The molecule has 1 amide bonds. The fraction of sp³-hybridized carbons (Fsp3) is 0.458. The van der Waals surface area contributed by atoms with Crippen LogP contribution in [-0.2, 0) is 16.1 Å². The van der Waals surface area contributed by atoms with E-state index in [0.717, 1.165) is 23.3 Å².